The Bertz CT molecular complexity index is 401. The van der Waals surface area contributed by atoms with E-state index in [1.165, 1.54) is 0 Å². The number of nitrogens with two attached hydrogens (primary N) is 1. The molecule has 1 saturated heterocycles. The van der Waals surface area contributed by atoms with Gasteiger partial charge in [-0.25, -0.2) is 4.99 Å². The number of hydrogen-bond donors (Lipinski definition) is 3. The van der Waals surface area contributed by atoms with Crippen molar-refractivity contribution in [2.45, 2.75) is 13.8 Å². The van der Waals surface area contributed by atoms with Crippen LogP contribution in [0.2, 0.25) is 0 Å². The molecular weight excluding hydrogens is 188 g/mol. The van der Waals surface area contributed by atoms with Gasteiger partial charge in [-0.3, -0.25) is 0 Å². The Hall–Kier alpha value is -1.71. The lowest BCUT2D eigenvalue weighted by molar-refractivity contribution is 0.942. The second-order valence-corrected chi connectivity index (χ2v) is 3.74. The zero-order chi connectivity index (χ0) is 10.8. The normalized spacial score (nSPS) is 14.7. The van der Waals surface area contributed by atoms with Crippen LogP contribution in [0.5, 0.6) is 0 Å². The van der Waals surface area contributed by atoms with Gasteiger partial charge in [0.15, 0.2) is 5.96 Å². The third kappa shape index (κ3) is 1.88. The molecule has 0 saturated carbocycles. The average molecular weight is 204 g/mol. The molecule has 0 atom stereocenters. The first-order valence-electron chi connectivity index (χ1n) is 5.10. The average Bonchev–Trinajstić information content (AvgIpc) is 2.72. The van der Waals surface area contributed by atoms with Gasteiger partial charge in [0, 0.05) is 18.8 Å². The van der Waals surface area contributed by atoms with Gasteiger partial charge in [0.1, 0.15) is 0 Å². The maximum absolute atomic E-state index is 5.82. The molecule has 1 fully saturated rings. The van der Waals surface area contributed by atoms with Crippen LogP contribution in [0.3, 0.4) is 0 Å². The summed E-state index contributed by atoms with van der Waals surface area (Å²) in [5.41, 5.74) is 9.86. The Morgan fingerprint density at radius 3 is 2.47 bits per heavy atom. The van der Waals surface area contributed by atoms with Crippen molar-refractivity contribution in [3.63, 3.8) is 0 Å². The fraction of sp³-hybridized carbons (Fsp3) is 0.364. The van der Waals surface area contributed by atoms with Crippen molar-refractivity contribution >= 4 is 17.3 Å². The largest absolute Gasteiger partial charge is 0.399 e. The van der Waals surface area contributed by atoms with Crippen LogP contribution >= 0.6 is 0 Å². The molecule has 1 aromatic carbocycles. The van der Waals surface area contributed by atoms with Gasteiger partial charge in [-0.15, -0.1) is 0 Å². The number of aliphatic imine (C=N–C) groups is 1. The van der Waals surface area contributed by atoms with E-state index in [4.69, 9.17) is 5.73 Å². The number of nitrogens with one attached hydrogen (secondary N) is 2. The van der Waals surface area contributed by atoms with E-state index in [1.807, 2.05) is 26.0 Å². The molecule has 0 radical (unpaired) electrons. The number of anilines is 1. The van der Waals surface area contributed by atoms with Gasteiger partial charge in [-0.1, -0.05) is 0 Å². The molecule has 0 aliphatic carbocycles. The van der Waals surface area contributed by atoms with Gasteiger partial charge in [-0.05, 0) is 37.1 Å². The molecule has 0 spiro atoms. The van der Waals surface area contributed by atoms with E-state index in [1.54, 1.807) is 0 Å². The molecule has 15 heavy (non-hydrogen) atoms. The number of nitrogens with zero attached hydrogens (tertiary/aromatic N) is 1. The fourth-order valence-electron chi connectivity index (χ4n) is 1.57. The summed E-state index contributed by atoms with van der Waals surface area (Å²) in [6.07, 6.45) is 0. The molecule has 1 heterocycles. The molecule has 0 aromatic heterocycles. The summed E-state index contributed by atoms with van der Waals surface area (Å²) in [6.45, 7) is 5.93. The van der Waals surface area contributed by atoms with Crippen LogP contribution in [0.1, 0.15) is 11.1 Å². The quantitative estimate of drug-likeness (QED) is 0.599. The van der Waals surface area contributed by atoms with Crippen LogP contribution in [-0.4, -0.2) is 19.0 Å². The van der Waals surface area contributed by atoms with Crippen molar-refractivity contribution in [3.05, 3.63) is 23.3 Å². The van der Waals surface area contributed by atoms with Gasteiger partial charge < -0.3 is 16.4 Å². The Balaban J connectivity index is 2.36. The van der Waals surface area contributed by atoms with E-state index in [0.29, 0.717) is 0 Å². The molecule has 0 bridgehead atoms. The molecule has 1 aromatic rings. The molecule has 0 unspecified atom stereocenters. The number of nitrogen functional groups attached to an aromatic ring is 1. The summed E-state index contributed by atoms with van der Waals surface area (Å²) in [5, 5.41) is 6.35. The van der Waals surface area contributed by atoms with Gasteiger partial charge >= 0.3 is 0 Å². The highest BCUT2D eigenvalue weighted by atomic mass is 15.2. The van der Waals surface area contributed by atoms with E-state index in [0.717, 1.165) is 41.6 Å². The summed E-state index contributed by atoms with van der Waals surface area (Å²) >= 11 is 0. The van der Waals surface area contributed by atoms with Crippen LogP contribution in [0, 0.1) is 13.8 Å². The van der Waals surface area contributed by atoms with Crippen molar-refractivity contribution in [1.82, 2.24) is 10.6 Å². The van der Waals surface area contributed by atoms with Crippen LogP contribution in [0.15, 0.2) is 17.1 Å². The van der Waals surface area contributed by atoms with E-state index >= 15 is 0 Å². The van der Waals surface area contributed by atoms with Gasteiger partial charge in [-0.2, -0.15) is 0 Å². The van der Waals surface area contributed by atoms with Gasteiger partial charge in [0.05, 0.1) is 5.69 Å². The maximum atomic E-state index is 5.82. The molecule has 80 valence electrons. The highest BCUT2D eigenvalue weighted by Gasteiger charge is 2.07. The fourth-order valence-corrected chi connectivity index (χ4v) is 1.57. The van der Waals surface area contributed by atoms with Crippen molar-refractivity contribution < 1.29 is 0 Å². The third-order valence-corrected chi connectivity index (χ3v) is 2.74. The second-order valence-electron chi connectivity index (χ2n) is 3.74. The van der Waals surface area contributed by atoms with E-state index in [9.17, 15) is 0 Å². The van der Waals surface area contributed by atoms with Crippen molar-refractivity contribution in [1.29, 1.82) is 0 Å². The van der Waals surface area contributed by atoms with E-state index in [-0.39, 0.29) is 0 Å². The minimum atomic E-state index is 0.823. The summed E-state index contributed by atoms with van der Waals surface area (Å²) < 4.78 is 0. The number of benzene rings is 1. The number of guanidine groups is 1. The Labute approximate surface area is 89.6 Å². The Kier molecular flexibility index (Phi) is 2.49. The SMILES string of the molecule is Cc1c(N)ccc(N=C2NCCN2)c1C. The molecule has 4 heteroatoms. The predicted molar refractivity (Wildman–Crippen MR) is 63.4 cm³/mol. The minimum absolute atomic E-state index is 0.823. The van der Waals surface area contributed by atoms with E-state index in [2.05, 4.69) is 15.6 Å². The van der Waals surface area contributed by atoms with Crippen LogP contribution in [0.25, 0.3) is 0 Å². The van der Waals surface area contributed by atoms with Crippen LogP contribution < -0.4 is 16.4 Å². The highest BCUT2D eigenvalue weighted by Crippen LogP contribution is 2.25. The standard InChI is InChI=1S/C11H16N4/c1-7-8(2)10(4-3-9(7)12)15-11-13-5-6-14-11/h3-4H,5-6,12H2,1-2H3,(H2,13,14,15). The summed E-state index contributed by atoms with van der Waals surface area (Å²) in [5.74, 6) is 0.849. The third-order valence-electron chi connectivity index (χ3n) is 2.74. The van der Waals surface area contributed by atoms with Gasteiger partial charge in [0.2, 0.25) is 0 Å². The first-order chi connectivity index (χ1) is 7.18. The molecule has 4 N–H and O–H groups in total. The van der Waals surface area contributed by atoms with Crippen LogP contribution in [0.4, 0.5) is 11.4 Å². The van der Waals surface area contributed by atoms with E-state index < -0.39 is 0 Å². The first-order valence-corrected chi connectivity index (χ1v) is 5.10. The smallest absolute Gasteiger partial charge is 0.196 e. The van der Waals surface area contributed by atoms with Crippen LogP contribution in [-0.2, 0) is 0 Å². The number of rotatable bonds is 1. The molecule has 1 aliphatic heterocycles. The van der Waals surface area contributed by atoms with Crippen molar-refractivity contribution in [2.24, 2.45) is 4.99 Å². The maximum Gasteiger partial charge on any atom is 0.196 e. The predicted octanol–water partition coefficient (Wildman–Crippen LogP) is 1.07. The van der Waals surface area contributed by atoms with Crippen molar-refractivity contribution in [3.8, 4) is 0 Å². The van der Waals surface area contributed by atoms with Gasteiger partial charge in [0.25, 0.3) is 0 Å². The molecular formula is C11H16N4. The lowest BCUT2D eigenvalue weighted by Gasteiger charge is -2.08. The molecule has 2 rings (SSSR count). The zero-order valence-corrected chi connectivity index (χ0v) is 9.09. The zero-order valence-electron chi connectivity index (χ0n) is 9.09. The molecule has 0 amide bonds. The summed E-state index contributed by atoms with van der Waals surface area (Å²) in [7, 11) is 0. The minimum Gasteiger partial charge on any atom is -0.399 e. The second kappa shape index (κ2) is 3.81. The molecule has 1 aliphatic rings. The lowest BCUT2D eigenvalue weighted by Crippen LogP contribution is -2.23. The summed E-state index contributed by atoms with van der Waals surface area (Å²) in [6, 6.07) is 3.85. The lowest BCUT2D eigenvalue weighted by atomic mass is 10.1. The topological polar surface area (TPSA) is 62.4 Å². The highest BCUT2D eigenvalue weighted by molar-refractivity contribution is 5.85. The Morgan fingerprint density at radius 2 is 1.80 bits per heavy atom. The number of hydrogen-bond acceptors (Lipinski definition) is 2. The molecule has 4 nitrogen and oxygen atoms in total. The first kappa shape index (κ1) is 9.83. The Morgan fingerprint density at radius 1 is 1.13 bits per heavy atom. The monoisotopic (exact) mass is 204 g/mol. The van der Waals surface area contributed by atoms with Crippen molar-refractivity contribution in [2.75, 3.05) is 18.8 Å². The summed E-state index contributed by atoms with van der Waals surface area (Å²) in [4.78, 5) is 4.50.